The van der Waals surface area contributed by atoms with Crippen LogP contribution in [-0.4, -0.2) is 29.3 Å². The average Bonchev–Trinajstić information content (AvgIpc) is 3.19. The van der Waals surface area contributed by atoms with Gasteiger partial charge in [-0.2, -0.15) is 13.2 Å². The number of para-hydroxylation sites is 1. The molecule has 0 aliphatic carbocycles. The molecule has 4 amide bonds. The van der Waals surface area contributed by atoms with Gasteiger partial charge in [0.1, 0.15) is 18.0 Å². The van der Waals surface area contributed by atoms with Crippen LogP contribution in [0.4, 0.5) is 23.7 Å². The van der Waals surface area contributed by atoms with Crippen molar-refractivity contribution in [2.45, 2.75) is 6.18 Å². The summed E-state index contributed by atoms with van der Waals surface area (Å²) in [5.74, 6) is -1.44. The molecule has 1 aliphatic rings. The monoisotopic (exact) mass is 379 g/mol. The molecule has 3 rings (SSSR count). The average molecular weight is 379 g/mol. The van der Waals surface area contributed by atoms with Crippen molar-refractivity contribution >= 4 is 29.6 Å². The van der Waals surface area contributed by atoms with Crippen LogP contribution in [0.5, 0.6) is 0 Å². The van der Waals surface area contributed by atoms with Crippen molar-refractivity contribution in [2.24, 2.45) is 0 Å². The molecule has 0 bridgehead atoms. The highest BCUT2D eigenvalue weighted by Gasteiger charge is 2.36. The zero-order valence-electron chi connectivity index (χ0n) is 13.5. The molecular weight excluding hydrogens is 367 g/mol. The predicted molar refractivity (Wildman–Crippen MR) is 87.0 cm³/mol. The minimum atomic E-state index is -4.66. The second kappa shape index (κ2) is 6.98. The number of carbonyl (C=O) groups is 3. The standard InChI is InChI=1S/C17H12F3N3O4/c18-17(19,20)11-5-1-2-6-12(11)21-14(24)9-23-15(25)13(22-16(23)26)8-10-4-3-7-27-10/h1-8H,9H2,(H,21,24)(H,22,26)/b13-8-. The molecule has 0 unspecified atom stereocenters. The number of halogens is 3. The molecular formula is C17H12F3N3O4. The maximum absolute atomic E-state index is 13.0. The smallest absolute Gasteiger partial charge is 0.418 e. The highest BCUT2D eigenvalue weighted by Crippen LogP contribution is 2.34. The fourth-order valence-electron chi connectivity index (χ4n) is 2.40. The molecule has 10 heteroatoms. The maximum Gasteiger partial charge on any atom is 0.418 e. The zero-order chi connectivity index (χ0) is 19.6. The van der Waals surface area contributed by atoms with Crippen LogP contribution < -0.4 is 10.6 Å². The van der Waals surface area contributed by atoms with Crippen LogP contribution in [0.25, 0.3) is 6.08 Å². The lowest BCUT2D eigenvalue weighted by atomic mass is 10.1. The van der Waals surface area contributed by atoms with E-state index < -0.39 is 41.8 Å². The van der Waals surface area contributed by atoms with Gasteiger partial charge in [0.2, 0.25) is 5.91 Å². The molecule has 7 nitrogen and oxygen atoms in total. The van der Waals surface area contributed by atoms with Crippen molar-refractivity contribution in [1.29, 1.82) is 0 Å². The molecule has 0 atom stereocenters. The highest BCUT2D eigenvalue weighted by atomic mass is 19.4. The Morgan fingerprint density at radius 3 is 2.59 bits per heavy atom. The van der Waals surface area contributed by atoms with Gasteiger partial charge in [0, 0.05) is 6.08 Å². The quantitative estimate of drug-likeness (QED) is 0.631. The number of carbonyl (C=O) groups excluding carboxylic acids is 3. The van der Waals surface area contributed by atoms with Gasteiger partial charge >= 0.3 is 12.2 Å². The number of hydrogen-bond acceptors (Lipinski definition) is 4. The summed E-state index contributed by atoms with van der Waals surface area (Å²) in [7, 11) is 0. The summed E-state index contributed by atoms with van der Waals surface area (Å²) in [4.78, 5) is 36.8. The summed E-state index contributed by atoms with van der Waals surface area (Å²) in [6.07, 6.45) is -2.02. The first-order valence-corrected chi connectivity index (χ1v) is 7.60. The van der Waals surface area contributed by atoms with Crippen LogP contribution in [0.15, 0.2) is 52.8 Å². The minimum Gasteiger partial charge on any atom is -0.465 e. The Morgan fingerprint density at radius 2 is 1.93 bits per heavy atom. The van der Waals surface area contributed by atoms with Gasteiger partial charge in [-0.25, -0.2) is 9.69 Å². The normalized spacial score (nSPS) is 16.0. The van der Waals surface area contributed by atoms with Gasteiger partial charge in [-0.1, -0.05) is 12.1 Å². The van der Waals surface area contributed by atoms with Crippen molar-refractivity contribution in [3.63, 3.8) is 0 Å². The number of rotatable bonds is 4. The van der Waals surface area contributed by atoms with Crippen molar-refractivity contribution in [3.8, 4) is 0 Å². The predicted octanol–water partition coefficient (Wildman–Crippen LogP) is 2.83. The van der Waals surface area contributed by atoms with E-state index in [1.807, 2.05) is 0 Å². The fraction of sp³-hybridized carbons (Fsp3) is 0.118. The van der Waals surface area contributed by atoms with Gasteiger partial charge in [-0.05, 0) is 24.3 Å². The molecule has 1 saturated heterocycles. The number of furan rings is 1. The summed E-state index contributed by atoms with van der Waals surface area (Å²) in [5, 5.41) is 4.35. The Balaban J connectivity index is 1.72. The van der Waals surface area contributed by atoms with Crippen molar-refractivity contribution in [3.05, 3.63) is 59.7 Å². The number of benzene rings is 1. The van der Waals surface area contributed by atoms with Gasteiger partial charge < -0.3 is 15.1 Å². The molecule has 27 heavy (non-hydrogen) atoms. The topological polar surface area (TPSA) is 91.7 Å². The van der Waals surface area contributed by atoms with Crippen molar-refractivity contribution in [2.75, 3.05) is 11.9 Å². The number of nitrogens with zero attached hydrogens (tertiary/aromatic N) is 1. The molecule has 1 aromatic carbocycles. The Labute approximate surface area is 150 Å². The van der Waals surface area contributed by atoms with E-state index >= 15 is 0 Å². The Morgan fingerprint density at radius 1 is 1.19 bits per heavy atom. The Kier molecular flexibility index (Phi) is 4.72. The van der Waals surface area contributed by atoms with E-state index in [-0.39, 0.29) is 5.70 Å². The first-order valence-electron chi connectivity index (χ1n) is 7.60. The van der Waals surface area contributed by atoms with Gasteiger partial charge in [0.25, 0.3) is 5.91 Å². The fourth-order valence-corrected chi connectivity index (χ4v) is 2.40. The van der Waals surface area contributed by atoms with E-state index in [0.29, 0.717) is 10.7 Å². The first-order chi connectivity index (χ1) is 12.8. The lowest BCUT2D eigenvalue weighted by Gasteiger charge is -2.15. The van der Waals surface area contributed by atoms with E-state index in [2.05, 4.69) is 10.6 Å². The molecule has 1 fully saturated rings. The first kappa shape index (κ1) is 18.2. The number of urea groups is 1. The van der Waals surface area contributed by atoms with E-state index in [9.17, 15) is 27.6 Å². The van der Waals surface area contributed by atoms with Crippen LogP contribution in [0.1, 0.15) is 11.3 Å². The molecule has 1 aliphatic heterocycles. The van der Waals surface area contributed by atoms with Crippen molar-refractivity contribution < 1.29 is 32.0 Å². The lowest BCUT2D eigenvalue weighted by Crippen LogP contribution is -2.38. The van der Waals surface area contributed by atoms with Gasteiger partial charge in [0.05, 0.1) is 17.5 Å². The molecule has 0 spiro atoms. The van der Waals surface area contributed by atoms with Crippen molar-refractivity contribution in [1.82, 2.24) is 10.2 Å². The van der Waals surface area contributed by atoms with E-state index in [1.165, 1.54) is 24.5 Å². The highest BCUT2D eigenvalue weighted by molar-refractivity contribution is 6.15. The van der Waals surface area contributed by atoms with Crippen LogP contribution in [0, 0.1) is 0 Å². The number of nitrogens with one attached hydrogen (secondary N) is 2. The maximum atomic E-state index is 13.0. The lowest BCUT2D eigenvalue weighted by molar-refractivity contribution is -0.137. The third-order valence-electron chi connectivity index (χ3n) is 3.60. The number of anilines is 1. The van der Waals surface area contributed by atoms with E-state index in [1.54, 1.807) is 12.1 Å². The molecule has 2 N–H and O–H groups in total. The molecule has 1 aromatic heterocycles. The number of hydrogen-bond donors (Lipinski definition) is 2. The summed E-state index contributed by atoms with van der Waals surface area (Å²) < 4.78 is 43.9. The Hall–Kier alpha value is -3.56. The van der Waals surface area contributed by atoms with Crippen LogP contribution >= 0.6 is 0 Å². The van der Waals surface area contributed by atoms with E-state index in [0.717, 1.165) is 12.1 Å². The van der Waals surface area contributed by atoms with Crippen LogP contribution in [0.3, 0.4) is 0 Å². The molecule has 2 aromatic rings. The largest absolute Gasteiger partial charge is 0.465 e. The van der Waals surface area contributed by atoms with Crippen LogP contribution in [-0.2, 0) is 15.8 Å². The zero-order valence-corrected chi connectivity index (χ0v) is 13.5. The number of alkyl halides is 3. The second-order valence-electron chi connectivity index (χ2n) is 5.49. The summed E-state index contributed by atoms with van der Waals surface area (Å²) in [6, 6.07) is 6.66. The van der Waals surface area contributed by atoms with Crippen LogP contribution in [0.2, 0.25) is 0 Å². The second-order valence-corrected chi connectivity index (χ2v) is 5.49. The van der Waals surface area contributed by atoms with E-state index in [4.69, 9.17) is 4.42 Å². The van der Waals surface area contributed by atoms with Gasteiger partial charge in [0.15, 0.2) is 0 Å². The number of amides is 4. The summed E-state index contributed by atoms with van der Waals surface area (Å²) in [5.41, 5.74) is -1.61. The summed E-state index contributed by atoms with van der Waals surface area (Å²) in [6.45, 7) is -0.744. The summed E-state index contributed by atoms with van der Waals surface area (Å²) >= 11 is 0. The SMILES string of the molecule is O=C(CN1C(=O)N/C(=C\c2ccco2)C1=O)Nc1ccccc1C(F)(F)F. The Bertz CT molecular complexity index is 920. The molecule has 140 valence electrons. The third-order valence-corrected chi connectivity index (χ3v) is 3.60. The van der Waals surface area contributed by atoms with Gasteiger partial charge in [-0.3, -0.25) is 9.59 Å². The third kappa shape index (κ3) is 4.00. The molecule has 0 radical (unpaired) electrons. The minimum absolute atomic E-state index is 0.113. The molecule has 2 heterocycles. The van der Waals surface area contributed by atoms with Gasteiger partial charge in [-0.15, -0.1) is 0 Å². The molecule has 0 saturated carbocycles. The number of imide groups is 1.